The molecular formula is C14H16FNO5. The summed E-state index contributed by atoms with van der Waals surface area (Å²) in [4.78, 5) is 24.4. The highest BCUT2D eigenvalue weighted by atomic mass is 19.1. The number of aliphatic hydroxyl groups excluding tert-OH is 1. The summed E-state index contributed by atoms with van der Waals surface area (Å²) in [6.45, 7) is 1.41. The number of amides is 1. The van der Waals surface area contributed by atoms with E-state index in [1.54, 1.807) is 0 Å². The minimum Gasteiger partial charge on any atom is -0.481 e. The summed E-state index contributed by atoms with van der Waals surface area (Å²) in [5.74, 6) is -2.03. The Morgan fingerprint density at radius 2 is 2.19 bits per heavy atom. The van der Waals surface area contributed by atoms with E-state index in [9.17, 15) is 19.1 Å². The molecule has 0 bridgehead atoms. The molecule has 3 atom stereocenters. The number of carboxylic acids is 1. The first kappa shape index (κ1) is 15.2. The number of hydrogen-bond donors (Lipinski definition) is 2. The lowest BCUT2D eigenvalue weighted by Gasteiger charge is -2.25. The average Bonchev–Trinajstić information content (AvgIpc) is 2.80. The van der Waals surface area contributed by atoms with Crippen molar-refractivity contribution >= 4 is 11.9 Å². The van der Waals surface area contributed by atoms with E-state index in [2.05, 4.69) is 0 Å². The van der Waals surface area contributed by atoms with Gasteiger partial charge in [0.15, 0.2) is 6.10 Å². The topological polar surface area (TPSA) is 87.1 Å². The number of ether oxygens (including phenoxy) is 1. The first-order valence-corrected chi connectivity index (χ1v) is 6.52. The standard InChI is InChI=1S/C14H16FNO5/c1-8(21-11-4-2-3-9(15)5-11)13(18)16-7-10(17)6-12(16)14(19)20/h2-5,8,10,12,17H,6-7H2,1H3,(H,19,20)/t8?,10-,12-/m0/s1. The Kier molecular flexibility index (Phi) is 4.42. The summed E-state index contributed by atoms with van der Waals surface area (Å²) in [6.07, 6.45) is -1.84. The van der Waals surface area contributed by atoms with Crippen molar-refractivity contribution in [2.24, 2.45) is 0 Å². The smallest absolute Gasteiger partial charge is 0.326 e. The van der Waals surface area contributed by atoms with Crippen LogP contribution in [-0.2, 0) is 9.59 Å². The zero-order valence-electron chi connectivity index (χ0n) is 11.4. The molecule has 0 saturated carbocycles. The fourth-order valence-corrected chi connectivity index (χ4v) is 2.32. The lowest BCUT2D eigenvalue weighted by atomic mass is 10.2. The van der Waals surface area contributed by atoms with Gasteiger partial charge in [-0.15, -0.1) is 0 Å². The number of carboxylic acid groups (broad SMARTS) is 1. The summed E-state index contributed by atoms with van der Waals surface area (Å²) in [6, 6.07) is 4.27. The number of rotatable bonds is 4. The number of halogens is 1. The number of likely N-dealkylation sites (tertiary alicyclic amines) is 1. The number of benzene rings is 1. The second-order valence-electron chi connectivity index (χ2n) is 4.95. The highest BCUT2D eigenvalue weighted by molar-refractivity contribution is 5.87. The third-order valence-corrected chi connectivity index (χ3v) is 3.30. The van der Waals surface area contributed by atoms with Crippen LogP contribution in [0.3, 0.4) is 0 Å². The fraction of sp³-hybridized carbons (Fsp3) is 0.429. The van der Waals surface area contributed by atoms with Crippen LogP contribution in [0, 0.1) is 5.82 Å². The minimum absolute atomic E-state index is 0.00619. The van der Waals surface area contributed by atoms with Gasteiger partial charge >= 0.3 is 5.97 Å². The number of hydrogen-bond acceptors (Lipinski definition) is 4. The molecular weight excluding hydrogens is 281 g/mol. The molecule has 6 nitrogen and oxygen atoms in total. The van der Waals surface area contributed by atoms with Crippen LogP contribution in [0.25, 0.3) is 0 Å². The number of nitrogens with zero attached hydrogens (tertiary/aromatic N) is 1. The predicted octanol–water partition coefficient (Wildman–Crippen LogP) is 0.639. The molecule has 0 aliphatic carbocycles. The van der Waals surface area contributed by atoms with Gasteiger partial charge in [-0.25, -0.2) is 9.18 Å². The molecule has 21 heavy (non-hydrogen) atoms. The molecule has 114 valence electrons. The monoisotopic (exact) mass is 297 g/mol. The van der Waals surface area contributed by atoms with Crippen molar-refractivity contribution in [1.82, 2.24) is 4.90 Å². The average molecular weight is 297 g/mol. The Morgan fingerprint density at radius 1 is 1.48 bits per heavy atom. The minimum atomic E-state index is -1.17. The lowest BCUT2D eigenvalue weighted by molar-refractivity contribution is -0.150. The Labute approximate surface area is 120 Å². The molecule has 2 N–H and O–H groups in total. The molecule has 1 saturated heterocycles. The molecule has 1 amide bonds. The van der Waals surface area contributed by atoms with Crippen LogP contribution in [0.2, 0.25) is 0 Å². The predicted molar refractivity (Wildman–Crippen MR) is 70.3 cm³/mol. The van der Waals surface area contributed by atoms with Gasteiger partial charge in [-0.05, 0) is 19.1 Å². The van der Waals surface area contributed by atoms with Crippen LogP contribution in [0.1, 0.15) is 13.3 Å². The van der Waals surface area contributed by atoms with E-state index in [1.807, 2.05) is 0 Å². The second-order valence-corrected chi connectivity index (χ2v) is 4.95. The van der Waals surface area contributed by atoms with Crippen molar-refractivity contribution in [3.05, 3.63) is 30.1 Å². The van der Waals surface area contributed by atoms with Gasteiger partial charge in [0.1, 0.15) is 17.6 Å². The van der Waals surface area contributed by atoms with Crippen LogP contribution in [0.4, 0.5) is 4.39 Å². The van der Waals surface area contributed by atoms with Crippen LogP contribution >= 0.6 is 0 Å². The number of aliphatic carboxylic acids is 1. The molecule has 0 aromatic heterocycles. The van der Waals surface area contributed by atoms with Gasteiger partial charge in [0.05, 0.1) is 6.10 Å². The van der Waals surface area contributed by atoms with Gasteiger partial charge in [0.25, 0.3) is 5.91 Å². The third-order valence-electron chi connectivity index (χ3n) is 3.30. The van der Waals surface area contributed by atoms with E-state index in [1.165, 1.54) is 25.1 Å². The molecule has 1 heterocycles. The highest BCUT2D eigenvalue weighted by Crippen LogP contribution is 2.21. The maximum absolute atomic E-state index is 13.1. The largest absolute Gasteiger partial charge is 0.481 e. The van der Waals surface area contributed by atoms with Crippen molar-refractivity contribution in [2.75, 3.05) is 6.54 Å². The number of carbonyl (C=O) groups is 2. The Balaban J connectivity index is 2.06. The van der Waals surface area contributed by atoms with Crippen molar-refractivity contribution in [3.8, 4) is 5.75 Å². The summed E-state index contributed by atoms with van der Waals surface area (Å²) >= 11 is 0. The molecule has 1 aromatic carbocycles. The van der Waals surface area contributed by atoms with E-state index < -0.39 is 35.9 Å². The molecule has 1 aliphatic heterocycles. The Bertz CT molecular complexity index is 550. The Hall–Kier alpha value is -2.15. The second kappa shape index (κ2) is 6.09. The molecule has 1 unspecified atom stereocenters. The van der Waals surface area contributed by atoms with E-state index in [4.69, 9.17) is 9.84 Å². The molecule has 0 spiro atoms. The van der Waals surface area contributed by atoms with Crippen molar-refractivity contribution < 1.29 is 28.9 Å². The molecule has 2 rings (SSSR count). The number of aliphatic hydroxyl groups is 1. The summed E-state index contributed by atoms with van der Waals surface area (Å²) in [5.41, 5.74) is 0. The zero-order chi connectivity index (χ0) is 15.6. The Morgan fingerprint density at radius 3 is 2.81 bits per heavy atom. The number of carbonyl (C=O) groups excluding carboxylic acids is 1. The summed E-state index contributed by atoms with van der Waals surface area (Å²) in [5, 5.41) is 18.6. The summed E-state index contributed by atoms with van der Waals surface area (Å²) in [7, 11) is 0. The number of β-amino-alcohol motifs (C(OH)–C–C–N with tert-alkyl or cyclic N) is 1. The maximum Gasteiger partial charge on any atom is 0.326 e. The van der Waals surface area contributed by atoms with E-state index in [0.717, 1.165) is 11.0 Å². The maximum atomic E-state index is 13.1. The van der Waals surface area contributed by atoms with Crippen LogP contribution in [-0.4, -0.2) is 51.8 Å². The van der Waals surface area contributed by atoms with Gasteiger partial charge < -0.3 is 19.8 Å². The van der Waals surface area contributed by atoms with Gasteiger partial charge in [-0.1, -0.05) is 6.07 Å². The molecule has 1 aromatic rings. The van der Waals surface area contributed by atoms with Crippen molar-refractivity contribution in [3.63, 3.8) is 0 Å². The normalized spacial score (nSPS) is 22.9. The molecule has 1 fully saturated rings. The van der Waals surface area contributed by atoms with Gasteiger partial charge in [0, 0.05) is 19.0 Å². The summed E-state index contributed by atoms with van der Waals surface area (Å²) < 4.78 is 18.4. The van der Waals surface area contributed by atoms with E-state index in [0.29, 0.717) is 0 Å². The van der Waals surface area contributed by atoms with Crippen LogP contribution in [0.5, 0.6) is 5.75 Å². The lowest BCUT2D eigenvalue weighted by Crippen LogP contribution is -2.46. The molecule has 1 aliphatic rings. The van der Waals surface area contributed by atoms with Crippen molar-refractivity contribution in [1.29, 1.82) is 0 Å². The molecule has 0 radical (unpaired) electrons. The fourth-order valence-electron chi connectivity index (χ4n) is 2.32. The quantitative estimate of drug-likeness (QED) is 0.851. The van der Waals surface area contributed by atoms with Crippen LogP contribution in [0.15, 0.2) is 24.3 Å². The van der Waals surface area contributed by atoms with Crippen molar-refractivity contribution in [2.45, 2.75) is 31.6 Å². The first-order valence-electron chi connectivity index (χ1n) is 6.52. The van der Waals surface area contributed by atoms with Gasteiger partial charge in [0.2, 0.25) is 0 Å². The van der Waals surface area contributed by atoms with Gasteiger partial charge in [-0.2, -0.15) is 0 Å². The van der Waals surface area contributed by atoms with Crippen LogP contribution < -0.4 is 4.74 Å². The first-order chi connectivity index (χ1) is 9.88. The third kappa shape index (κ3) is 3.49. The SMILES string of the molecule is CC(Oc1cccc(F)c1)C(=O)N1C[C@@H](O)C[C@H]1C(=O)O. The zero-order valence-corrected chi connectivity index (χ0v) is 11.4. The van der Waals surface area contributed by atoms with E-state index in [-0.39, 0.29) is 18.7 Å². The molecule has 7 heteroatoms. The van der Waals surface area contributed by atoms with Gasteiger partial charge in [-0.3, -0.25) is 4.79 Å². The highest BCUT2D eigenvalue weighted by Gasteiger charge is 2.40. The van der Waals surface area contributed by atoms with E-state index >= 15 is 0 Å².